The first-order chi connectivity index (χ1) is 15.0. The number of likely N-dealkylation sites (tertiary alicyclic amines) is 1. The number of hydrogen-bond donors (Lipinski definition) is 2. The van der Waals surface area contributed by atoms with Gasteiger partial charge in [-0.2, -0.15) is 0 Å². The maximum absolute atomic E-state index is 12.6. The van der Waals surface area contributed by atoms with Crippen molar-refractivity contribution >= 4 is 17.6 Å². The molecule has 0 radical (unpaired) electrons. The van der Waals surface area contributed by atoms with Gasteiger partial charge in [-0.05, 0) is 31.0 Å². The third-order valence-electron chi connectivity index (χ3n) is 5.41. The maximum atomic E-state index is 12.6. The highest BCUT2D eigenvalue weighted by molar-refractivity contribution is 5.92. The molecule has 1 heterocycles. The van der Waals surface area contributed by atoms with E-state index >= 15 is 0 Å². The molecule has 2 aromatic rings. The van der Waals surface area contributed by atoms with Crippen molar-refractivity contribution in [2.24, 2.45) is 5.92 Å². The molecule has 0 aromatic heterocycles. The predicted molar refractivity (Wildman–Crippen MR) is 118 cm³/mol. The van der Waals surface area contributed by atoms with E-state index in [0.717, 1.165) is 11.3 Å². The predicted octanol–water partition coefficient (Wildman–Crippen LogP) is 3.27. The summed E-state index contributed by atoms with van der Waals surface area (Å²) in [6.45, 7) is 1.35. The van der Waals surface area contributed by atoms with Crippen molar-refractivity contribution in [3.8, 4) is 17.2 Å². The Morgan fingerprint density at radius 2 is 1.55 bits per heavy atom. The summed E-state index contributed by atoms with van der Waals surface area (Å²) < 4.78 is 16.0. The number of ether oxygens (including phenoxy) is 3. The molecule has 8 heteroatoms. The Morgan fingerprint density at radius 1 is 0.935 bits per heavy atom. The van der Waals surface area contributed by atoms with Crippen LogP contribution in [0.25, 0.3) is 0 Å². The topological polar surface area (TPSA) is 89.1 Å². The molecular weight excluding hydrogens is 398 g/mol. The minimum absolute atomic E-state index is 0.00122. The third-order valence-corrected chi connectivity index (χ3v) is 5.41. The SMILES string of the molecule is COc1cc(OC)c(OC)cc1CNC(=O)N1CCC(C(=O)Nc2ccccc2)CC1. The lowest BCUT2D eigenvalue weighted by Gasteiger charge is -2.31. The van der Waals surface area contributed by atoms with Gasteiger partial charge in [0.1, 0.15) is 5.75 Å². The minimum Gasteiger partial charge on any atom is -0.496 e. The standard InChI is InChI=1S/C23H29N3O5/c1-29-19-14-21(31-3)20(30-2)13-17(19)15-24-23(28)26-11-9-16(10-12-26)22(27)25-18-7-5-4-6-8-18/h4-8,13-14,16H,9-12,15H2,1-3H3,(H,24,28)(H,25,27). The first-order valence-electron chi connectivity index (χ1n) is 10.2. The highest BCUT2D eigenvalue weighted by Crippen LogP contribution is 2.34. The molecule has 1 aliphatic rings. The molecule has 0 bridgehead atoms. The zero-order valence-electron chi connectivity index (χ0n) is 18.1. The van der Waals surface area contributed by atoms with E-state index in [1.807, 2.05) is 30.3 Å². The number of rotatable bonds is 7. The summed E-state index contributed by atoms with van der Waals surface area (Å²) in [5, 5.41) is 5.87. The monoisotopic (exact) mass is 427 g/mol. The van der Waals surface area contributed by atoms with Crippen LogP contribution in [0.5, 0.6) is 17.2 Å². The number of nitrogens with zero attached hydrogens (tertiary/aromatic N) is 1. The van der Waals surface area contributed by atoms with Crippen LogP contribution in [-0.2, 0) is 11.3 Å². The largest absolute Gasteiger partial charge is 0.496 e. The molecule has 3 rings (SSSR count). The van der Waals surface area contributed by atoms with Crippen molar-refractivity contribution in [2.45, 2.75) is 19.4 Å². The number of hydrogen-bond acceptors (Lipinski definition) is 5. The fourth-order valence-electron chi connectivity index (χ4n) is 3.62. The first-order valence-corrected chi connectivity index (χ1v) is 10.2. The van der Waals surface area contributed by atoms with Crippen LogP contribution in [0.2, 0.25) is 0 Å². The molecule has 2 N–H and O–H groups in total. The number of piperidine rings is 1. The van der Waals surface area contributed by atoms with Gasteiger partial charge in [-0.3, -0.25) is 4.79 Å². The average Bonchev–Trinajstić information content (AvgIpc) is 2.82. The minimum atomic E-state index is -0.168. The van der Waals surface area contributed by atoms with E-state index in [4.69, 9.17) is 14.2 Å². The normalized spacial score (nSPS) is 14.0. The quantitative estimate of drug-likeness (QED) is 0.708. The summed E-state index contributed by atoms with van der Waals surface area (Å²) in [6.07, 6.45) is 1.26. The number of carbonyl (C=O) groups is 2. The Balaban J connectivity index is 1.52. The van der Waals surface area contributed by atoms with Crippen molar-refractivity contribution in [3.05, 3.63) is 48.0 Å². The number of para-hydroxylation sites is 1. The molecule has 0 unspecified atom stereocenters. The van der Waals surface area contributed by atoms with E-state index in [1.54, 1.807) is 38.4 Å². The third kappa shape index (κ3) is 5.59. The van der Waals surface area contributed by atoms with E-state index in [9.17, 15) is 9.59 Å². The molecule has 1 fully saturated rings. The molecule has 0 atom stereocenters. The number of urea groups is 1. The van der Waals surface area contributed by atoms with Crippen LogP contribution >= 0.6 is 0 Å². The number of carbonyl (C=O) groups excluding carboxylic acids is 2. The summed E-state index contributed by atoms with van der Waals surface area (Å²) in [6, 6.07) is 12.8. The molecule has 166 valence electrons. The van der Waals surface area contributed by atoms with Crippen molar-refractivity contribution in [1.82, 2.24) is 10.2 Å². The van der Waals surface area contributed by atoms with E-state index in [-0.39, 0.29) is 24.4 Å². The summed E-state index contributed by atoms with van der Waals surface area (Å²) in [5.74, 6) is 1.63. The molecule has 1 saturated heterocycles. The molecule has 0 saturated carbocycles. The van der Waals surface area contributed by atoms with Crippen molar-refractivity contribution in [3.63, 3.8) is 0 Å². The van der Waals surface area contributed by atoms with Crippen molar-refractivity contribution in [2.75, 3.05) is 39.7 Å². The Morgan fingerprint density at radius 3 is 2.16 bits per heavy atom. The molecular formula is C23H29N3O5. The lowest BCUT2D eigenvalue weighted by atomic mass is 9.96. The highest BCUT2D eigenvalue weighted by atomic mass is 16.5. The Kier molecular flexibility index (Phi) is 7.59. The molecule has 0 aliphatic carbocycles. The van der Waals surface area contributed by atoms with Crippen LogP contribution in [0.15, 0.2) is 42.5 Å². The van der Waals surface area contributed by atoms with Gasteiger partial charge in [0.15, 0.2) is 11.5 Å². The van der Waals surface area contributed by atoms with Gasteiger partial charge in [-0.1, -0.05) is 18.2 Å². The molecule has 8 nitrogen and oxygen atoms in total. The van der Waals surface area contributed by atoms with Crippen LogP contribution in [0, 0.1) is 5.92 Å². The number of nitrogens with one attached hydrogen (secondary N) is 2. The van der Waals surface area contributed by atoms with Gasteiger partial charge in [0, 0.05) is 42.9 Å². The van der Waals surface area contributed by atoms with Gasteiger partial charge in [-0.25, -0.2) is 4.79 Å². The van der Waals surface area contributed by atoms with Gasteiger partial charge in [-0.15, -0.1) is 0 Å². The van der Waals surface area contributed by atoms with Gasteiger partial charge in [0.05, 0.1) is 21.3 Å². The van der Waals surface area contributed by atoms with Crippen molar-refractivity contribution < 1.29 is 23.8 Å². The van der Waals surface area contributed by atoms with Crippen LogP contribution < -0.4 is 24.8 Å². The summed E-state index contributed by atoms with van der Waals surface area (Å²) in [7, 11) is 4.69. The van der Waals surface area contributed by atoms with Crippen LogP contribution in [0.4, 0.5) is 10.5 Å². The lowest BCUT2D eigenvalue weighted by Crippen LogP contribution is -2.45. The maximum Gasteiger partial charge on any atom is 0.317 e. The van der Waals surface area contributed by atoms with Crippen LogP contribution in [0.1, 0.15) is 18.4 Å². The Bertz CT molecular complexity index is 896. The lowest BCUT2D eigenvalue weighted by molar-refractivity contribution is -0.121. The van der Waals surface area contributed by atoms with Gasteiger partial charge in [0.25, 0.3) is 0 Å². The number of methoxy groups -OCH3 is 3. The van der Waals surface area contributed by atoms with E-state index in [0.29, 0.717) is 43.2 Å². The number of amides is 3. The van der Waals surface area contributed by atoms with Gasteiger partial charge in [0.2, 0.25) is 5.91 Å². The number of benzene rings is 2. The Labute approximate surface area is 182 Å². The number of anilines is 1. The average molecular weight is 428 g/mol. The summed E-state index contributed by atoms with van der Waals surface area (Å²) in [4.78, 5) is 26.8. The van der Waals surface area contributed by atoms with Crippen LogP contribution in [0.3, 0.4) is 0 Å². The second-order valence-corrected chi connectivity index (χ2v) is 7.29. The fourth-order valence-corrected chi connectivity index (χ4v) is 3.62. The Hall–Kier alpha value is -3.42. The molecule has 1 aliphatic heterocycles. The van der Waals surface area contributed by atoms with E-state index in [1.165, 1.54) is 0 Å². The first kappa shape index (κ1) is 22.3. The van der Waals surface area contributed by atoms with Crippen molar-refractivity contribution in [1.29, 1.82) is 0 Å². The van der Waals surface area contributed by atoms with Gasteiger partial charge < -0.3 is 29.7 Å². The zero-order valence-corrected chi connectivity index (χ0v) is 18.1. The molecule has 0 spiro atoms. The summed E-state index contributed by atoms with van der Waals surface area (Å²) >= 11 is 0. The van der Waals surface area contributed by atoms with Gasteiger partial charge >= 0.3 is 6.03 Å². The summed E-state index contributed by atoms with van der Waals surface area (Å²) in [5.41, 5.74) is 1.57. The molecule has 3 amide bonds. The second kappa shape index (κ2) is 10.6. The second-order valence-electron chi connectivity index (χ2n) is 7.29. The fraction of sp³-hybridized carbons (Fsp3) is 0.391. The van der Waals surface area contributed by atoms with E-state index in [2.05, 4.69) is 10.6 Å². The van der Waals surface area contributed by atoms with E-state index < -0.39 is 0 Å². The smallest absolute Gasteiger partial charge is 0.317 e. The molecule has 2 aromatic carbocycles. The molecule has 31 heavy (non-hydrogen) atoms. The zero-order chi connectivity index (χ0) is 22.2. The van der Waals surface area contributed by atoms with Crippen LogP contribution in [-0.4, -0.2) is 51.3 Å². The highest BCUT2D eigenvalue weighted by Gasteiger charge is 2.27.